The Morgan fingerprint density at radius 3 is 2.25 bits per heavy atom. The molecule has 0 atom stereocenters. The van der Waals surface area contributed by atoms with Crippen LogP contribution < -0.4 is 0 Å². The molecule has 0 amide bonds. The van der Waals surface area contributed by atoms with Gasteiger partial charge in [0, 0.05) is 5.01 Å². The Morgan fingerprint density at radius 1 is 1.33 bits per heavy atom. The molecule has 0 bridgehead atoms. The van der Waals surface area contributed by atoms with E-state index in [1.165, 1.54) is 0 Å². The molecule has 4 heteroatoms. The average Bonchev–Trinajstić information content (AvgIpc) is 1.96. The van der Waals surface area contributed by atoms with Crippen molar-refractivity contribution in [3.8, 4) is 6.07 Å². The van der Waals surface area contributed by atoms with E-state index in [1.54, 1.807) is 12.1 Å². The molecule has 0 aliphatic carbocycles. The minimum Gasteiger partial charge on any atom is -0.498 e. The second-order valence-electron chi connectivity index (χ2n) is 2.31. The van der Waals surface area contributed by atoms with Crippen molar-refractivity contribution in [1.29, 1.82) is 0 Å². The molecule has 0 aromatic heterocycles. The van der Waals surface area contributed by atoms with Gasteiger partial charge < -0.3 is 5.21 Å². The summed E-state index contributed by atoms with van der Waals surface area (Å²) in [5.74, 6) is 0. The summed E-state index contributed by atoms with van der Waals surface area (Å²) < 4.78 is 0. The van der Waals surface area contributed by atoms with Crippen LogP contribution in [0, 0.1) is 18.2 Å². The average molecular weight is 202 g/mol. The summed E-state index contributed by atoms with van der Waals surface area (Å²) in [5.41, 5.74) is 1.28. The van der Waals surface area contributed by atoms with Crippen molar-refractivity contribution in [1.82, 2.24) is 0 Å². The van der Waals surface area contributed by atoms with E-state index in [9.17, 15) is 5.21 Å². The summed E-state index contributed by atoms with van der Waals surface area (Å²) in [7, 11) is 0. The van der Waals surface area contributed by atoms with Crippen molar-refractivity contribution >= 4 is 23.2 Å². The van der Waals surface area contributed by atoms with E-state index in [-0.39, 0.29) is 0 Å². The predicted octanol–water partition coefficient (Wildman–Crippen LogP) is 3.48. The second-order valence-corrected chi connectivity index (χ2v) is 3.12. The van der Waals surface area contributed by atoms with Gasteiger partial charge in [0.05, 0.1) is 10.0 Å². The van der Waals surface area contributed by atoms with Gasteiger partial charge in [0.15, 0.2) is 0 Å². The van der Waals surface area contributed by atoms with Crippen molar-refractivity contribution in [3.05, 3.63) is 43.5 Å². The van der Waals surface area contributed by atoms with E-state index in [1.807, 2.05) is 6.92 Å². The lowest BCUT2D eigenvalue weighted by Crippen LogP contribution is -1.81. The first-order valence-corrected chi connectivity index (χ1v) is 3.94. The van der Waals surface area contributed by atoms with Gasteiger partial charge in [-0.2, -0.15) is 0 Å². The van der Waals surface area contributed by atoms with Gasteiger partial charge in [0.1, 0.15) is 5.56 Å². The Morgan fingerprint density at radius 2 is 1.83 bits per heavy atom. The largest absolute Gasteiger partial charge is 0.498 e. The number of nitrogens with zero attached hydrogens (tertiary/aromatic N) is 1. The molecule has 0 radical (unpaired) electrons. The minimum absolute atomic E-state index is 0.346. The zero-order chi connectivity index (χ0) is 9.14. The van der Waals surface area contributed by atoms with Crippen LogP contribution >= 0.6 is 23.2 Å². The number of aryl methyl sites for hydroxylation is 1. The van der Waals surface area contributed by atoms with Crippen LogP contribution in [0.25, 0.3) is 5.01 Å². The lowest BCUT2D eigenvalue weighted by atomic mass is 10.2. The highest BCUT2D eigenvalue weighted by atomic mass is 35.5. The number of rotatable bonds is 0. The number of benzene rings is 1. The second kappa shape index (κ2) is 3.66. The van der Waals surface area contributed by atoms with Gasteiger partial charge in [-0.25, -0.2) is 0 Å². The minimum atomic E-state index is 0.346. The van der Waals surface area contributed by atoms with Crippen LogP contribution in [0.5, 0.6) is 0 Å². The summed E-state index contributed by atoms with van der Waals surface area (Å²) in [6, 6.07) is 5.57. The van der Waals surface area contributed by atoms with Crippen molar-refractivity contribution in [2.75, 3.05) is 0 Å². The third-order valence-electron chi connectivity index (χ3n) is 1.34. The molecule has 1 rings (SSSR count). The molecule has 0 aliphatic rings. The first-order valence-electron chi connectivity index (χ1n) is 3.19. The molecular formula is C8H5Cl2NO. The maximum atomic E-state index is 9.89. The van der Waals surface area contributed by atoms with Crippen LogP contribution in [-0.2, 0) is 0 Å². The molecule has 0 saturated heterocycles. The number of halogens is 2. The van der Waals surface area contributed by atoms with Crippen LogP contribution in [-0.4, -0.2) is 0 Å². The lowest BCUT2D eigenvalue weighted by Gasteiger charge is -1.97. The molecule has 62 valence electrons. The fourth-order valence-corrected chi connectivity index (χ4v) is 1.53. The SMILES string of the molecule is Cc1cc(Cl)c(C#[N+][O-])c(Cl)c1. The molecule has 0 heterocycles. The van der Waals surface area contributed by atoms with Crippen LogP contribution in [0.2, 0.25) is 10.0 Å². The highest BCUT2D eigenvalue weighted by Gasteiger charge is 2.08. The van der Waals surface area contributed by atoms with E-state index in [2.05, 4.69) is 11.1 Å². The highest BCUT2D eigenvalue weighted by molar-refractivity contribution is 6.36. The van der Waals surface area contributed by atoms with Crippen LogP contribution in [0.1, 0.15) is 11.1 Å². The Balaban J connectivity index is 3.34. The predicted molar refractivity (Wildman–Crippen MR) is 50.9 cm³/mol. The summed E-state index contributed by atoms with van der Waals surface area (Å²) in [6.07, 6.45) is 0. The van der Waals surface area contributed by atoms with Gasteiger partial charge in [-0.05, 0) is 24.6 Å². The van der Waals surface area contributed by atoms with Crippen molar-refractivity contribution in [3.63, 3.8) is 0 Å². The Hall–Kier alpha value is -0.910. The number of hydrogen-bond donors (Lipinski definition) is 0. The molecular weight excluding hydrogens is 197 g/mol. The first-order chi connectivity index (χ1) is 5.65. The fourth-order valence-electron chi connectivity index (χ4n) is 0.852. The first kappa shape index (κ1) is 9.18. The third-order valence-corrected chi connectivity index (χ3v) is 1.94. The van der Waals surface area contributed by atoms with E-state index in [0.29, 0.717) is 15.6 Å². The summed E-state index contributed by atoms with van der Waals surface area (Å²) in [5, 5.41) is 13.2. The molecule has 0 spiro atoms. The van der Waals surface area contributed by atoms with E-state index in [0.717, 1.165) is 5.56 Å². The standard InChI is InChI=1S/C8H5Cl2NO/c1-5-2-7(9)6(4-11-12)8(10)3-5/h2-3H,1H3. The van der Waals surface area contributed by atoms with Crippen LogP contribution in [0.3, 0.4) is 0 Å². The van der Waals surface area contributed by atoms with Gasteiger partial charge in [-0.15, -0.1) is 0 Å². The Labute approximate surface area is 80.1 Å². The van der Waals surface area contributed by atoms with Crippen molar-refractivity contribution in [2.45, 2.75) is 6.92 Å². The monoisotopic (exact) mass is 201 g/mol. The van der Waals surface area contributed by atoms with E-state index in [4.69, 9.17) is 23.2 Å². The summed E-state index contributed by atoms with van der Waals surface area (Å²) in [4.78, 5) is 0. The smallest absolute Gasteiger partial charge is 0.339 e. The van der Waals surface area contributed by atoms with Gasteiger partial charge in [0.2, 0.25) is 0 Å². The van der Waals surface area contributed by atoms with E-state index < -0.39 is 0 Å². The zero-order valence-electron chi connectivity index (χ0n) is 6.27. The van der Waals surface area contributed by atoms with Gasteiger partial charge in [-0.1, -0.05) is 23.2 Å². The molecule has 0 fully saturated rings. The van der Waals surface area contributed by atoms with Crippen LogP contribution in [0.4, 0.5) is 0 Å². The molecule has 2 nitrogen and oxygen atoms in total. The number of hydrogen-bond acceptors (Lipinski definition) is 1. The molecule has 1 aromatic rings. The van der Waals surface area contributed by atoms with Crippen molar-refractivity contribution in [2.24, 2.45) is 0 Å². The molecule has 0 unspecified atom stereocenters. The zero-order valence-corrected chi connectivity index (χ0v) is 7.78. The van der Waals surface area contributed by atoms with Crippen LogP contribution in [0.15, 0.2) is 12.1 Å². The lowest BCUT2D eigenvalue weighted by molar-refractivity contribution is 1.46. The van der Waals surface area contributed by atoms with Crippen molar-refractivity contribution < 1.29 is 0 Å². The van der Waals surface area contributed by atoms with Gasteiger partial charge in [0.25, 0.3) is 0 Å². The maximum Gasteiger partial charge on any atom is 0.339 e. The molecule has 1 aromatic carbocycles. The third kappa shape index (κ3) is 1.82. The van der Waals surface area contributed by atoms with Gasteiger partial charge in [-0.3, -0.25) is 0 Å². The van der Waals surface area contributed by atoms with Gasteiger partial charge >= 0.3 is 6.07 Å². The molecule has 0 N–H and O–H groups in total. The molecule has 0 saturated carbocycles. The molecule has 0 aliphatic heterocycles. The maximum absolute atomic E-state index is 9.89. The Kier molecular flexibility index (Phi) is 2.80. The topological polar surface area (TPSA) is 27.4 Å². The normalized spacial score (nSPS) is 8.92. The Bertz CT molecular complexity index is 342. The summed E-state index contributed by atoms with van der Waals surface area (Å²) >= 11 is 11.5. The quantitative estimate of drug-likeness (QED) is 0.591. The fraction of sp³-hybridized carbons (Fsp3) is 0.125. The summed E-state index contributed by atoms with van der Waals surface area (Å²) in [6.45, 7) is 1.86. The van der Waals surface area contributed by atoms with E-state index >= 15 is 0 Å². The highest BCUT2D eigenvalue weighted by Crippen LogP contribution is 2.25. The molecule has 12 heavy (non-hydrogen) atoms.